The van der Waals surface area contributed by atoms with Crippen LogP contribution in [0.1, 0.15) is 42.5 Å². The van der Waals surface area contributed by atoms with E-state index in [1.807, 2.05) is 29.2 Å². The van der Waals surface area contributed by atoms with Gasteiger partial charge in [-0.15, -0.1) is 0 Å². The summed E-state index contributed by atoms with van der Waals surface area (Å²) in [4.78, 5) is 26.8. The Morgan fingerprint density at radius 3 is 2.58 bits per heavy atom. The predicted octanol–water partition coefficient (Wildman–Crippen LogP) is 2.77. The number of amides is 2. The van der Waals surface area contributed by atoms with Gasteiger partial charge in [0.1, 0.15) is 5.75 Å². The molecular weight excluding hydrogens is 328 g/mol. The van der Waals surface area contributed by atoms with E-state index in [9.17, 15) is 9.59 Å². The first-order valence-electron chi connectivity index (χ1n) is 9.63. The van der Waals surface area contributed by atoms with Gasteiger partial charge in [-0.05, 0) is 56.2 Å². The highest BCUT2D eigenvalue weighted by molar-refractivity contribution is 5.97. The van der Waals surface area contributed by atoms with E-state index < -0.39 is 0 Å². The lowest BCUT2D eigenvalue weighted by Gasteiger charge is -2.28. The van der Waals surface area contributed by atoms with Gasteiger partial charge in [-0.1, -0.05) is 18.7 Å². The number of carbonyl (C=O) groups is 2. The third kappa shape index (κ3) is 3.48. The number of rotatable bonds is 6. The molecule has 1 saturated heterocycles. The number of ether oxygens (including phenoxy) is 1. The Labute approximate surface area is 154 Å². The lowest BCUT2D eigenvalue weighted by atomic mass is 9.96. The number of hydrogen-bond acceptors (Lipinski definition) is 3. The predicted molar refractivity (Wildman–Crippen MR) is 99.0 cm³/mol. The zero-order chi connectivity index (χ0) is 18.1. The number of nitrogens with one attached hydrogen (secondary N) is 1. The lowest BCUT2D eigenvalue weighted by molar-refractivity contribution is -0.117. The maximum Gasteiger partial charge on any atom is 0.257 e. The van der Waals surface area contributed by atoms with Crippen LogP contribution in [0.5, 0.6) is 5.75 Å². The third-order valence-electron chi connectivity index (χ3n) is 5.86. The number of likely N-dealkylation sites (tertiary alicyclic amines) is 1. The highest BCUT2D eigenvalue weighted by atomic mass is 16.5. The van der Waals surface area contributed by atoms with Crippen LogP contribution in [-0.2, 0) is 4.79 Å². The molecule has 1 N–H and O–H groups in total. The standard InChI is InChI=1S/C21H26N2O3/c1-2-20(24)22-18-13-23(12-17(18)14-10-11-14)21(25)16-8-3-4-9-19(16)26-15-6-5-7-15/h2-4,8-9,14-15,17-18H,1,5-7,10-13H2,(H,22,24)/t17-,18+/m0/s1. The Morgan fingerprint density at radius 2 is 1.92 bits per heavy atom. The van der Waals surface area contributed by atoms with E-state index in [-0.39, 0.29) is 24.0 Å². The summed E-state index contributed by atoms with van der Waals surface area (Å²) in [6.45, 7) is 4.78. The summed E-state index contributed by atoms with van der Waals surface area (Å²) in [5, 5.41) is 3.02. The minimum atomic E-state index is -0.163. The molecule has 138 valence electrons. The monoisotopic (exact) mass is 354 g/mol. The maximum atomic E-state index is 13.2. The van der Waals surface area contributed by atoms with Crippen molar-refractivity contribution >= 4 is 11.8 Å². The number of carbonyl (C=O) groups excluding carboxylic acids is 2. The molecule has 3 aliphatic rings. The largest absolute Gasteiger partial charge is 0.490 e. The van der Waals surface area contributed by atoms with Crippen LogP contribution in [0.3, 0.4) is 0 Å². The molecule has 1 aliphatic heterocycles. The highest BCUT2D eigenvalue weighted by Crippen LogP contribution is 2.42. The Balaban J connectivity index is 1.49. The zero-order valence-corrected chi connectivity index (χ0v) is 15.0. The van der Waals surface area contributed by atoms with Gasteiger partial charge in [-0.3, -0.25) is 9.59 Å². The molecule has 1 aromatic rings. The van der Waals surface area contributed by atoms with Crippen LogP contribution in [0.25, 0.3) is 0 Å². The normalized spacial score (nSPS) is 25.5. The van der Waals surface area contributed by atoms with Crippen molar-refractivity contribution in [2.75, 3.05) is 13.1 Å². The van der Waals surface area contributed by atoms with E-state index in [1.165, 1.54) is 25.3 Å². The van der Waals surface area contributed by atoms with Crippen molar-refractivity contribution in [1.29, 1.82) is 0 Å². The molecule has 2 aliphatic carbocycles. The molecule has 0 bridgehead atoms. The Morgan fingerprint density at radius 1 is 1.15 bits per heavy atom. The molecule has 5 heteroatoms. The first kappa shape index (κ1) is 17.1. The second kappa shape index (κ2) is 7.14. The van der Waals surface area contributed by atoms with E-state index in [2.05, 4.69) is 11.9 Å². The van der Waals surface area contributed by atoms with E-state index in [0.29, 0.717) is 36.2 Å². The summed E-state index contributed by atoms with van der Waals surface area (Å²) in [7, 11) is 0. The SMILES string of the molecule is C=CC(=O)N[C@@H]1CN(C(=O)c2ccccc2OC2CCC2)C[C@H]1C1CC1. The van der Waals surface area contributed by atoms with E-state index >= 15 is 0 Å². The van der Waals surface area contributed by atoms with Crippen LogP contribution in [-0.4, -0.2) is 41.9 Å². The van der Waals surface area contributed by atoms with Gasteiger partial charge in [0.05, 0.1) is 17.7 Å². The first-order chi connectivity index (χ1) is 12.7. The van der Waals surface area contributed by atoms with Crippen molar-refractivity contribution in [2.45, 2.75) is 44.2 Å². The van der Waals surface area contributed by atoms with Crippen LogP contribution < -0.4 is 10.1 Å². The van der Waals surface area contributed by atoms with Crippen molar-refractivity contribution in [2.24, 2.45) is 11.8 Å². The fourth-order valence-corrected chi connectivity index (χ4v) is 3.98. The summed E-state index contributed by atoms with van der Waals surface area (Å²) in [6.07, 6.45) is 7.23. The van der Waals surface area contributed by atoms with Crippen molar-refractivity contribution in [3.05, 3.63) is 42.5 Å². The van der Waals surface area contributed by atoms with Gasteiger partial charge in [0, 0.05) is 19.0 Å². The maximum absolute atomic E-state index is 13.2. The summed E-state index contributed by atoms with van der Waals surface area (Å²) in [6, 6.07) is 7.53. The van der Waals surface area contributed by atoms with E-state index in [4.69, 9.17) is 4.74 Å². The Kier molecular flexibility index (Phi) is 4.70. The van der Waals surface area contributed by atoms with Gasteiger partial charge in [0.2, 0.25) is 5.91 Å². The van der Waals surface area contributed by atoms with Crippen molar-refractivity contribution < 1.29 is 14.3 Å². The molecule has 26 heavy (non-hydrogen) atoms. The molecule has 2 amide bonds. The molecule has 2 saturated carbocycles. The molecule has 3 fully saturated rings. The van der Waals surface area contributed by atoms with Crippen LogP contribution in [0, 0.1) is 11.8 Å². The minimum absolute atomic E-state index is 0.000857. The van der Waals surface area contributed by atoms with Gasteiger partial charge in [-0.2, -0.15) is 0 Å². The third-order valence-corrected chi connectivity index (χ3v) is 5.86. The van der Waals surface area contributed by atoms with Gasteiger partial charge in [0.25, 0.3) is 5.91 Å². The summed E-state index contributed by atoms with van der Waals surface area (Å²) >= 11 is 0. The summed E-state index contributed by atoms with van der Waals surface area (Å²) in [5.41, 5.74) is 0.629. The quantitative estimate of drug-likeness (QED) is 0.799. The Hall–Kier alpha value is -2.30. The van der Waals surface area contributed by atoms with Gasteiger partial charge < -0.3 is 15.0 Å². The highest BCUT2D eigenvalue weighted by Gasteiger charge is 2.44. The minimum Gasteiger partial charge on any atom is -0.490 e. The second-order valence-corrected chi connectivity index (χ2v) is 7.70. The number of nitrogens with zero attached hydrogens (tertiary/aromatic N) is 1. The number of hydrogen-bond donors (Lipinski definition) is 1. The van der Waals surface area contributed by atoms with Crippen LogP contribution in [0.2, 0.25) is 0 Å². The molecule has 1 heterocycles. The van der Waals surface area contributed by atoms with Gasteiger partial charge in [0.15, 0.2) is 0 Å². The molecule has 5 nitrogen and oxygen atoms in total. The summed E-state index contributed by atoms with van der Waals surface area (Å²) < 4.78 is 6.03. The smallest absolute Gasteiger partial charge is 0.257 e. The molecule has 0 spiro atoms. The fourth-order valence-electron chi connectivity index (χ4n) is 3.98. The fraction of sp³-hybridized carbons (Fsp3) is 0.524. The summed E-state index contributed by atoms with van der Waals surface area (Å²) in [5.74, 6) is 1.47. The second-order valence-electron chi connectivity index (χ2n) is 7.70. The van der Waals surface area contributed by atoms with Gasteiger partial charge >= 0.3 is 0 Å². The molecule has 1 aromatic carbocycles. The molecular formula is C21H26N2O3. The lowest BCUT2D eigenvalue weighted by Crippen LogP contribution is -2.40. The van der Waals surface area contributed by atoms with Crippen LogP contribution in [0.15, 0.2) is 36.9 Å². The molecule has 0 aromatic heterocycles. The zero-order valence-electron chi connectivity index (χ0n) is 15.0. The number of para-hydroxylation sites is 1. The average molecular weight is 354 g/mol. The van der Waals surface area contributed by atoms with E-state index in [0.717, 1.165) is 12.8 Å². The average Bonchev–Trinajstić information content (AvgIpc) is 3.38. The van der Waals surface area contributed by atoms with E-state index in [1.54, 1.807) is 0 Å². The van der Waals surface area contributed by atoms with Crippen LogP contribution >= 0.6 is 0 Å². The van der Waals surface area contributed by atoms with Gasteiger partial charge in [-0.25, -0.2) is 0 Å². The molecule has 0 radical (unpaired) electrons. The Bertz CT molecular complexity index is 709. The van der Waals surface area contributed by atoms with Crippen molar-refractivity contribution in [1.82, 2.24) is 10.2 Å². The van der Waals surface area contributed by atoms with Crippen LogP contribution in [0.4, 0.5) is 0 Å². The molecule has 0 unspecified atom stereocenters. The molecule has 2 atom stereocenters. The van der Waals surface area contributed by atoms with Crippen molar-refractivity contribution in [3.63, 3.8) is 0 Å². The topological polar surface area (TPSA) is 58.6 Å². The van der Waals surface area contributed by atoms with Crippen molar-refractivity contribution in [3.8, 4) is 5.75 Å². The first-order valence-corrected chi connectivity index (χ1v) is 9.63. The number of benzene rings is 1. The molecule has 4 rings (SSSR count).